The van der Waals surface area contributed by atoms with Crippen LogP contribution in [0.25, 0.3) is 0 Å². The first-order chi connectivity index (χ1) is 11.2. The number of amides is 2. The van der Waals surface area contributed by atoms with E-state index in [4.69, 9.17) is 0 Å². The van der Waals surface area contributed by atoms with Crippen molar-refractivity contribution in [3.05, 3.63) is 35.2 Å². The average Bonchev–Trinajstić information content (AvgIpc) is 3.26. The normalized spacial score (nSPS) is 19.7. The lowest BCUT2D eigenvalue weighted by Crippen LogP contribution is -2.30. The summed E-state index contributed by atoms with van der Waals surface area (Å²) in [5, 5.41) is 16.8. The highest BCUT2D eigenvalue weighted by Gasteiger charge is 2.30. The number of hydrogen-bond donors (Lipinski definition) is 2. The van der Waals surface area contributed by atoms with Gasteiger partial charge in [0.25, 0.3) is 0 Å². The molecule has 2 aliphatic rings. The molecule has 0 bridgehead atoms. The Morgan fingerprint density at radius 3 is 3.13 bits per heavy atom. The van der Waals surface area contributed by atoms with Crippen LogP contribution >= 0.6 is 0 Å². The monoisotopic (exact) mass is 312 g/mol. The number of rotatable bonds is 3. The van der Waals surface area contributed by atoms with E-state index in [0.717, 1.165) is 23.2 Å². The van der Waals surface area contributed by atoms with Crippen molar-refractivity contribution in [2.24, 2.45) is 0 Å². The molecule has 8 nitrogen and oxygen atoms in total. The van der Waals surface area contributed by atoms with Crippen LogP contribution in [0.3, 0.4) is 0 Å². The number of tetrazole rings is 1. The molecule has 8 heteroatoms. The summed E-state index contributed by atoms with van der Waals surface area (Å²) in [5.41, 5.74) is 2.73. The van der Waals surface area contributed by atoms with Gasteiger partial charge in [0.05, 0.1) is 12.8 Å². The van der Waals surface area contributed by atoms with E-state index in [1.54, 1.807) is 0 Å². The number of nitrogens with one attached hydrogen (secondary N) is 2. The Labute approximate surface area is 132 Å². The molecule has 0 aliphatic carbocycles. The summed E-state index contributed by atoms with van der Waals surface area (Å²) in [6, 6.07) is 5.73. The van der Waals surface area contributed by atoms with E-state index < -0.39 is 0 Å². The quantitative estimate of drug-likeness (QED) is 0.845. The van der Waals surface area contributed by atoms with Gasteiger partial charge in [-0.25, -0.2) is 0 Å². The zero-order chi connectivity index (χ0) is 15.8. The summed E-state index contributed by atoms with van der Waals surface area (Å²) in [4.78, 5) is 25.7. The van der Waals surface area contributed by atoms with Crippen molar-refractivity contribution in [1.29, 1.82) is 0 Å². The molecule has 1 saturated heterocycles. The molecule has 0 spiro atoms. The standard InChI is InChI=1S/C15H16N6O2/c22-13-7-10-2-1-9(5-12(10)16-13)6-14(23)21-4-3-11(8-21)15-17-19-20-18-15/h1-2,5,11H,3-4,6-8H2,(H,16,22)(H,17,18,19,20). The fraction of sp³-hybridized carbons (Fsp3) is 0.400. The van der Waals surface area contributed by atoms with Crippen molar-refractivity contribution in [3.8, 4) is 0 Å². The number of carbonyl (C=O) groups excluding carboxylic acids is 2. The molecule has 0 saturated carbocycles. The first kappa shape index (κ1) is 13.9. The van der Waals surface area contributed by atoms with Gasteiger partial charge in [-0.15, -0.1) is 10.2 Å². The Balaban J connectivity index is 1.41. The minimum absolute atomic E-state index is 0.00553. The average molecular weight is 312 g/mol. The molecule has 0 radical (unpaired) electrons. The number of anilines is 1. The van der Waals surface area contributed by atoms with Crippen LogP contribution in [0.15, 0.2) is 18.2 Å². The van der Waals surface area contributed by atoms with E-state index >= 15 is 0 Å². The second kappa shape index (κ2) is 5.45. The Morgan fingerprint density at radius 1 is 1.39 bits per heavy atom. The highest BCUT2D eigenvalue weighted by atomic mass is 16.2. The van der Waals surface area contributed by atoms with Crippen molar-refractivity contribution in [2.45, 2.75) is 25.2 Å². The molecule has 1 unspecified atom stereocenters. The van der Waals surface area contributed by atoms with Crippen LogP contribution in [-0.2, 0) is 22.4 Å². The summed E-state index contributed by atoms with van der Waals surface area (Å²) in [6.07, 6.45) is 1.61. The molecule has 2 N–H and O–H groups in total. The molecule has 4 rings (SSSR count). The number of carbonyl (C=O) groups is 2. The fourth-order valence-electron chi connectivity index (χ4n) is 3.20. The van der Waals surface area contributed by atoms with Crippen LogP contribution in [0.4, 0.5) is 5.69 Å². The van der Waals surface area contributed by atoms with E-state index in [0.29, 0.717) is 31.8 Å². The lowest BCUT2D eigenvalue weighted by Gasteiger charge is -2.16. The highest BCUT2D eigenvalue weighted by molar-refractivity contribution is 5.99. The number of nitrogens with zero attached hydrogens (tertiary/aromatic N) is 4. The zero-order valence-corrected chi connectivity index (χ0v) is 12.5. The van der Waals surface area contributed by atoms with Gasteiger partial charge in [0.15, 0.2) is 5.82 Å². The van der Waals surface area contributed by atoms with Crippen molar-refractivity contribution < 1.29 is 9.59 Å². The summed E-state index contributed by atoms with van der Waals surface area (Å²) in [6.45, 7) is 1.33. The van der Waals surface area contributed by atoms with Crippen molar-refractivity contribution in [3.63, 3.8) is 0 Å². The maximum atomic E-state index is 12.5. The van der Waals surface area contributed by atoms with Gasteiger partial charge in [0.2, 0.25) is 11.8 Å². The van der Waals surface area contributed by atoms with Gasteiger partial charge in [-0.3, -0.25) is 9.59 Å². The maximum absolute atomic E-state index is 12.5. The number of hydrogen-bond acceptors (Lipinski definition) is 5. The molecule has 118 valence electrons. The first-order valence-electron chi connectivity index (χ1n) is 7.62. The summed E-state index contributed by atoms with van der Waals surface area (Å²) in [7, 11) is 0. The zero-order valence-electron chi connectivity index (χ0n) is 12.5. The van der Waals surface area contributed by atoms with Crippen LogP contribution in [-0.4, -0.2) is 50.4 Å². The van der Waals surface area contributed by atoms with Crippen LogP contribution in [0.2, 0.25) is 0 Å². The Hall–Kier alpha value is -2.77. The van der Waals surface area contributed by atoms with Crippen LogP contribution in [0, 0.1) is 0 Å². The smallest absolute Gasteiger partial charge is 0.228 e. The van der Waals surface area contributed by atoms with Gasteiger partial charge >= 0.3 is 0 Å². The topological polar surface area (TPSA) is 104 Å². The molecule has 3 heterocycles. The number of fused-ring (bicyclic) bond motifs is 1. The molecule has 23 heavy (non-hydrogen) atoms. The van der Waals surface area contributed by atoms with Crippen molar-refractivity contribution >= 4 is 17.5 Å². The van der Waals surface area contributed by atoms with Gasteiger partial charge < -0.3 is 10.2 Å². The highest BCUT2D eigenvalue weighted by Crippen LogP contribution is 2.26. The molecule has 2 aliphatic heterocycles. The largest absolute Gasteiger partial charge is 0.342 e. The molecular formula is C15H16N6O2. The van der Waals surface area contributed by atoms with Crippen molar-refractivity contribution in [1.82, 2.24) is 25.5 Å². The first-order valence-corrected chi connectivity index (χ1v) is 7.62. The van der Waals surface area contributed by atoms with E-state index in [-0.39, 0.29) is 17.7 Å². The van der Waals surface area contributed by atoms with Gasteiger partial charge in [0, 0.05) is 24.7 Å². The second-order valence-corrected chi connectivity index (χ2v) is 5.99. The molecule has 1 aromatic carbocycles. The van der Waals surface area contributed by atoms with Gasteiger partial charge in [-0.05, 0) is 23.6 Å². The molecular weight excluding hydrogens is 296 g/mol. The Morgan fingerprint density at radius 2 is 2.30 bits per heavy atom. The van der Waals surface area contributed by atoms with E-state index in [1.165, 1.54) is 0 Å². The third-order valence-corrected chi connectivity index (χ3v) is 4.42. The Bertz CT molecular complexity index is 757. The number of aromatic nitrogens is 4. The van der Waals surface area contributed by atoms with Gasteiger partial charge in [0.1, 0.15) is 0 Å². The lowest BCUT2D eigenvalue weighted by atomic mass is 10.1. The lowest BCUT2D eigenvalue weighted by molar-refractivity contribution is -0.129. The summed E-state index contributed by atoms with van der Waals surface area (Å²) >= 11 is 0. The maximum Gasteiger partial charge on any atom is 0.228 e. The molecule has 1 fully saturated rings. The predicted octanol–water partition coefficient (Wildman–Crippen LogP) is 0.253. The third-order valence-electron chi connectivity index (χ3n) is 4.42. The molecule has 2 aromatic rings. The number of H-pyrrole nitrogens is 1. The van der Waals surface area contributed by atoms with Crippen LogP contribution in [0.5, 0.6) is 0 Å². The molecule has 1 atom stereocenters. The molecule has 2 amide bonds. The number of aromatic amines is 1. The van der Waals surface area contributed by atoms with Gasteiger partial charge in [-0.1, -0.05) is 17.3 Å². The minimum Gasteiger partial charge on any atom is -0.342 e. The number of likely N-dealkylation sites (tertiary alicyclic amines) is 1. The summed E-state index contributed by atoms with van der Waals surface area (Å²) in [5.74, 6) is 0.906. The van der Waals surface area contributed by atoms with Crippen LogP contribution < -0.4 is 5.32 Å². The number of benzene rings is 1. The Kier molecular flexibility index (Phi) is 3.29. The summed E-state index contributed by atoms with van der Waals surface area (Å²) < 4.78 is 0. The SMILES string of the molecule is O=C1Cc2ccc(CC(=O)N3CCC(c4nn[nH]n4)C3)cc2N1. The van der Waals surface area contributed by atoms with Gasteiger partial charge in [-0.2, -0.15) is 5.21 Å². The van der Waals surface area contributed by atoms with E-state index in [2.05, 4.69) is 25.9 Å². The predicted molar refractivity (Wildman–Crippen MR) is 80.6 cm³/mol. The fourth-order valence-corrected chi connectivity index (χ4v) is 3.20. The van der Waals surface area contributed by atoms with E-state index in [1.807, 2.05) is 23.1 Å². The minimum atomic E-state index is 0.00553. The second-order valence-electron chi connectivity index (χ2n) is 5.99. The van der Waals surface area contributed by atoms with E-state index in [9.17, 15) is 9.59 Å². The van der Waals surface area contributed by atoms with Crippen LogP contribution in [0.1, 0.15) is 29.3 Å². The molecule has 1 aromatic heterocycles. The third kappa shape index (κ3) is 2.67. The van der Waals surface area contributed by atoms with Crippen molar-refractivity contribution in [2.75, 3.05) is 18.4 Å².